The Morgan fingerprint density at radius 2 is 2.29 bits per heavy atom. The highest BCUT2D eigenvalue weighted by Gasteiger charge is 2.27. The highest BCUT2D eigenvalue weighted by Crippen LogP contribution is 2.37. The van der Waals surface area contributed by atoms with Gasteiger partial charge in [-0.05, 0) is 54.3 Å². The Hall–Kier alpha value is -0.880. The standard InChI is InChI=1S/C16H18FNOS2/c1-16(19,15-3-2-7-21-15)10-18-13-6-8-20-14-5-4-11(17)9-12(13)14/h2-5,7,9,13,18-19H,6,8,10H2,1H3. The van der Waals surface area contributed by atoms with Crippen molar-refractivity contribution in [3.8, 4) is 0 Å². The summed E-state index contributed by atoms with van der Waals surface area (Å²) in [6.45, 7) is 2.27. The highest BCUT2D eigenvalue weighted by molar-refractivity contribution is 7.99. The van der Waals surface area contributed by atoms with Crippen LogP contribution < -0.4 is 5.32 Å². The molecule has 112 valence electrons. The van der Waals surface area contributed by atoms with Gasteiger partial charge in [0.15, 0.2) is 0 Å². The number of halogens is 1. The molecule has 0 bridgehead atoms. The summed E-state index contributed by atoms with van der Waals surface area (Å²) in [5.74, 6) is 0.810. The topological polar surface area (TPSA) is 32.3 Å². The van der Waals surface area contributed by atoms with Crippen LogP contribution in [0.25, 0.3) is 0 Å². The van der Waals surface area contributed by atoms with E-state index < -0.39 is 5.60 Å². The number of hydrogen-bond donors (Lipinski definition) is 2. The van der Waals surface area contributed by atoms with E-state index in [4.69, 9.17) is 0 Å². The van der Waals surface area contributed by atoms with Crippen molar-refractivity contribution < 1.29 is 9.50 Å². The first-order chi connectivity index (χ1) is 10.1. The van der Waals surface area contributed by atoms with Crippen LogP contribution >= 0.6 is 23.1 Å². The minimum atomic E-state index is -0.897. The minimum Gasteiger partial charge on any atom is -0.383 e. The van der Waals surface area contributed by atoms with Crippen molar-refractivity contribution in [3.05, 3.63) is 52.0 Å². The second-order valence-electron chi connectivity index (χ2n) is 5.50. The van der Waals surface area contributed by atoms with E-state index in [2.05, 4.69) is 5.32 Å². The van der Waals surface area contributed by atoms with Gasteiger partial charge >= 0.3 is 0 Å². The third-order valence-electron chi connectivity index (χ3n) is 3.76. The van der Waals surface area contributed by atoms with Gasteiger partial charge < -0.3 is 10.4 Å². The van der Waals surface area contributed by atoms with Crippen LogP contribution in [-0.4, -0.2) is 17.4 Å². The average Bonchev–Trinajstić information content (AvgIpc) is 3.00. The molecule has 2 N–H and O–H groups in total. The molecule has 2 heterocycles. The van der Waals surface area contributed by atoms with Crippen LogP contribution in [-0.2, 0) is 5.60 Å². The van der Waals surface area contributed by atoms with Crippen molar-refractivity contribution in [1.29, 1.82) is 0 Å². The van der Waals surface area contributed by atoms with Gasteiger partial charge in [0.2, 0.25) is 0 Å². The van der Waals surface area contributed by atoms with Gasteiger partial charge in [-0.1, -0.05) is 6.07 Å². The highest BCUT2D eigenvalue weighted by atomic mass is 32.2. The molecule has 5 heteroatoms. The van der Waals surface area contributed by atoms with E-state index in [1.165, 1.54) is 6.07 Å². The lowest BCUT2D eigenvalue weighted by atomic mass is 10.0. The molecule has 21 heavy (non-hydrogen) atoms. The zero-order chi connectivity index (χ0) is 14.9. The van der Waals surface area contributed by atoms with Crippen LogP contribution in [0, 0.1) is 5.82 Å². The Kier molecular flexibility index (Phi) is 4.36. The number of nitrogens with one attached hydrogen (secondary N) is 1. The maximum atomic E-state index is 13.5. The second-order valence-corrected chi connectivity index (χ2v) is 7.59. The van der Waals surface area contributed by atoms with Gasteiger partial charge in [-0.15, -0.1) is 23.1 Å². The van der Waals surface area contributed by atoms with Crippen LogP contribution in [0.1, 0.15) is 29.8 Å². The summed E-state index contributed by atoms with van der Waals surface area (Å²) >= 11 is 3.32. The van der Waals surface area contributed by atoms with Gasteiger partial charge in [0, 0.05) is 22.4 Å². The summed E-state index contributed by atoms with van der Waals surface area (Å²) in [4.78, 5) is 2.08. The summed E-state index contributed by atoms with van der Waals surface area (Å²) in [5, 5.41) is 16.0. The molecule has 0 saturated heterocycles. The third kappa shape index (κ3) is 3.31. The number of benzene rings is 1. The first-order valence-corrected chi connectivity index (χ1v) is 8.85. The number of thiophene rings is 1. The second kappa shape index (κ2) is 6.08. The van der Waals surface area contributed by atoms with Crippen LogP contribution in [0.3, 0.4) is 0 Å². The molecule has 0 fully saturated rings. The van der Waals surface area contributed by atoms with Crippen molar-refractivity contribution in [1.82, 2.24) is 5.32 Å². The molecular weight excluding hydrogens is 305 g/mol. The fraction of sp³-hybridized carbons (Fsp3) is 0.375. The lowest BCUT2D eigenvalue weighted by molar-refractivity contribution is 0.0572. The average molecular weight is 323 g/mol. The fourth-order valence-electron chi connectivity index (χ4n) is 2.57. The number of aliphatic hydroxyl groups is 1. The first-order valence-electron chi connectivity index (χ1n) is 6.98. The number of thioether (sulfide) groups is 1. The monoisotopic (exact) mass is 323 g/mol. The van der Waals surface area contributed by atoms with E-state index >= 15 is 0 Å². The largest absolute Gasteiger partial charge is 0.383 e. The van der Waals surface area contributed by atoms with Crippen LogP contribution in [0.2, 0.25) is 0 Å². The maximum absolute atomic E-state index is 13.5. The normalized spacial score (nSPS) is 20.8. The summed E-state index contributed by atoms with van der Waals surface area (Å²) in [5.41, 5.74) is 0.111. The Labute approximate surface area is 132 Å². The number of rotatable bonds is 4. The molecule has 0 saturated carbocycles. The van der Waals surface area contributed by atoms with E-state index in [9.17, 15) is 9.50 Å². The van der Waals surface area contributed by atoms with E-state index in [-0.39, 0.29) is 11.9 Å². The zero-order valence-electron chi connectivity index (χ0n) is 11.8. The van der Waals surface area contributed by atoms with Crippen molar-refractivity contribution in [3.63, 3.8) is 0 Å². The number of hydrogen-bond acceptors (Lipinski definition) is 4. The van der Waals surface area contributed by atoms with E-state index in [1.54, 1.807) is 29.2 Å². The molecule has 2 nitrogen and oxygen atoms in total. The SMILES string of the molecule is CC(O)(CNC1CCSc2ccc(F)cc21)c1cccs1. The van der Waals surface area contributed by atoms with Crippen molar-refractivity contribution >= 4 is 23.1 Å². The van der Waals surface area contributed by atoms with E-state index in [0.29, 0.717) is 6.54 Å². The summed E-state index contributed by atoms with van der Waals surface area (Å²) in [6, 6.07) is 8.95. The summed E-state index contributed by atoms with van der Waals surface area (Å²) in [6.07, 6.45) is 0.946. The Morgan fingerprint density at radius 3 is 3.05 bits per heavy atom. The maximum Gasteiger partial charge on any atom is 0.123 e. The Morgan fingerprint density at radius 1 is 1.43 bits per heavy atom. The molecule has 0 radical (unpaired) electrons. The molecular formula is C16H18FNOS2. The lowest BCUT2D eigenvalue weighted by Gasteiger charge is -2.30. The zero-order valence-corrected chi connectivity index (χ0v) is 13.4. The molecule has 0 spiro atoms. The van der Waals surface area contributed by atoms with E-state index in [1.807, 2.05) is 30.5 Å². The molecule has 0 aliphatic carbocycles. The molecule has 3 rings (SSSR count). The summed E-state index contributed by atoms with van der Waals surface area (Å²) < 4.78 is 13.5. The van der Waals surface area contributed by atoms with Crippen LogP contribution in [0.4, 0.5) is 4.39 Å². The van der Waals surface area contributed by atoms with Gasteiger partial charge in [0.05, 0.1) is 0 Å². The molecule has 2 unspecified atom stereocenters. The van der Waals surface area contributed by atoms with Crippen LogP contribution in [0.15, 0.2) is 40.6 Å². The van der Waals surface area contributed by atoms with Crippen LogP contribution in [0.5, 0.6) is 0 Å². The quantitative estimate of drug-likeness (QED) is 0.894. The fourth-order valence-corrected chi connectivity index (χ4v) is 4.46. The molecule has 2 atom stereocenters. The van der Waals surface area contributed by atoms with Crippen molar-refractivity contribution in [2.45, 2.75) is 29.9 Å². The van der Waals surface area contributed by atoms with Gasteiger partial charge in [-0.2, -0.15) is 0 Å². The predicted molar refractivity (Wildman–Crippen MR) is 86.4 cm³/mol. The molecule has 0 amide bonds. The Balaban J connectivity index is 1.74. The number of fused-ring (bicyclic) bond motifs is 1. The first kappa shape index (κ1) is 15.0. The van der Waals surface area contributed by atoms with Crippen molar-refractivity contribution in [2.75, 3.05) is 12.3 Å². The van der Waals surface area contributed by atoms with E-state index in [0.717, 1.165) is 27.5 Å². The van der Waals surface area contributed by atoms with Gasteiger partial charge in [-0.3, -0.25) is 0 Å². The van der Waals surface area contributed by atoms with Gasteiger partial charge in [0.1, 0.15) is 11.4 Å². The summed E-state index contributed by atoms with van der Waals surface area (Å²) in [7, 11) is 0. The van der Waals surface area contributed by atoms with Crippen molar-refractivity contribution in [2.24, 2.45) is 0 Å². The van der Waals surface area contributed by atoms with Gasteiger partial charge in [-0.25, -0.2) is 4.39 Å². The molecule has 1 aromatic carbocycles. The Bertz CT molecular complexity index is 613. The minimum absolute atomic E-state index is 0.100. The van der Waals surface area contributed by atoms with Gasteiger partial charge in [0.25, 0.3) is 0 Å². The molecule has 1 aromatic heterocycles. The molecule has 1 aliphatic heterocycles. The molecule has 1 aliphatic rings. The predicted octanol–water partition coefficient (Wildman–Crippen LogP) is 3.92. The lowest BCUT2D eigenvalue weighted by Crippen LogP contribution is -2.37. The smallest absolute Gasteiger partial charge is 0.123 e. The third-order valence-corrected chi connectivity index (χ3v) is 6.00. The molecule has 2 aromatic rings.